The maximum absolute atomic E-state index is 14.0. The van der Waals surface area contributed by atoms with Crippen LogP contribution in [0.15, 0.2) is 12.2 Å². The fraction of sp³-hybridized carbons (Fsp3) is 0.882. The van der Waals surface area contributed by atoms with Crippen LogP contribution >= 0.6 is 0 Å². The second-order valence-corrected chi connectivity index (χ2v) is 5.60. The first-order valence-electron chi connectivity index (χ1n) is 7.94. The fourth-order valence-corrected chi connectivity index (χ4v) is 2.33. The molecule has 0 aromatic rings. The standard InChI is InChI=1S/C17H33F/c1-5-8-9-14-17(18)16(7-3)13-11-10-12-15(4)6-2/h8-9,15-17H,5-7,10-14H2,1-4H3. The Morgan fingerprint density at radius 3 is 2.17 bits per heavy atom. The highest BCUT2D eigenvalue weighted by Gasteiger charge is 2.17. The van der Waals surface area contributed by atoms with Crippen LogP contribution in [0.25, 0.3) is 0 Å². The van der Waals surface area contributed by atoms with Crippen molar-refractivity contribution in [1.29, 1.82) is 0 Å². The molecule has 0 aliphatic heterocycles. The van der Waals surface area contributed by atoms with Crippen molar-refractivity contribution in [3.63, 3.8) is 0 Å². The van der Waals surface area contributed by atoms with E-state index >= 15 is 0 Å². The zero-order valence-corrected chi connectivity index (χ0v) is 12.9. The zero-order valence-electron chi connectivity index (χ0n) is 12.9. The van der Waals surface area contributed by atoms with Crippen LogP contribution in [0.5, 0.6) is 0 Å². The van der Waals surface area contributed by atoms with Gasteiger partial charge in [0, 0.05) is 0 Å². The third-order valence-corrected chi connectivity index (χ3v) is 4.02. The average molecular weight is 256 g/mol. The van der Waals surface area contributed by atoms with Gasteiger partial charge in [0.1, 0.15) is 6.17 Å². The van der Waals surface area contributed by atoms with Crippen LogP contribution in [0.4, 0.5) is 4.39 Å². The molecule has 0 spiro atoms. The van der Waals surface area contributed by atoms with Gasteiger partial charge in [0.2, 0.25) is 0 Å². The molecule has 0 aliphatic carbocycles. The Bertz CT molecular complexity index is 198. The van der Waals surface area contributed by atoms with Crippen LogP contribution in [0.1, 0.15) is 79.1 Å². The summed E-state index contributed by atoms with van der Waals surface area (Å²) < 4.78 is 14.0. The summed E-state index contributed by atoms with van der Waals surface area (Å²) in [7, 11) is 0. The summed E-state index contributed by atoms with van der Waals surface area (Å²) in [4.78, 5) is 0. The summed E-state index contributed by atoms with van der Waals surface area (Å²) in [6, 6.07) is 0. The average Bonchev–Trinajstić information content (AvgIpc) is 2.38. The van der Waals surface area contributed by atoms with Gasteiger partial charge < -0.3 is 0 Å². The van der Waals surface area contributed by atoms with Gasteiger partial charge in [-0.25, -0.2) is 4.39 Å². The first-order valence-corrected chi connectivity index (χ1v) is 7.94. The molecule has 18 heavy (non-hydrogen) atoms. The Balaban J connectivity index is 3.77. The van der Waals surface area contributed by atoms with Crippen molar-refractivity contribution in [2.75, 3.05) is 0 Å². The van der Waals surface area contributed by atoms with Gasteiger partial charge in [-0.15, -0.1) is 0 Å². The molecule has 0 aromatic carbocycles. The van der Waals surface area contributed by atoms with Gasteiger partial charge in [0.05, 0.1) is 0 Å². The van der Waals surface area contributed by atoms with Crippen LogP contribution in [0, 0.1) is 11.8 Å². The van der Waals surface area contributed by atoms with Crippen LogP contribution < -0.4 is 0 Å². The third kappa shape index (κ3) is 8.72. The van der Waals surface area contributed by atoms with Gasteiger partial charge in [-0.2, -0.15) is 0 Å². The predicted octanol–water partition coefficient (Wildman–Crippen LogP) is 6.31. The Morgan fingerprint density at radius 2 is 1.61 bits per heavy atom. The molecule has 0 rings (SSSR count). The highest BCUT2D eigenvalue weighted by atomic mass is 19.1. The molecule has 0 heterocycles. The van der Waals surface area contributed by atoms with Crippen LogP contribution in [0.2, 0.25) is 0 Å². The van der Waals surface area contributed by atoms with E-state index in [1.54, 1.807) is 0 Å². The number of alkyl halides is 1. The summed E-state index contributed by atoms with van der Waals surface area (Å²) in [5.74, 6) is 1.10. The van der Waals surface area contributed by atoms with Gasteiger partial charge in [-0.1, -0.05) is 72.0 Å². The summed E-state index contributed by atoms with van der Waals surface area (Å²) in [6.45, 7) is 8.77. The monoisotopic (exact) mass is 256 g/mol. The number of halogens is 1. The van der Waals surface area contributed by atoms with Crippen molar-refractivity contribution in [1.82, 2.24) is 0 Å². The molecule has 0 radical (unpaired) electrons. The molecule has 0 saturated heterocycles. The van der Waals surface area contributed by atoms with E-state index in [0.29, 0.717) is 6.42 Å². The number of hydrogen-bond donors (Lipinski definition) is 0. The van der Waals surface area contributed by atoms with E-state index in [0.717, 1.165) is 25.2 Å². The lowest BCUT2D eigenvalue weighted by Crippen LogP contribution is -2.14. The molecule has 0 saturated carbocycles. The van der Waals surface area contributed by atoms with E-state index in [1.165, 1.54) is 25.7 Å². The summed E-state index contributed by atoms with van der Waals surface area (Å²) in [5, 5.41) is 0. The Morgan fingerprint density at radius 1 is 0.944 bits per heavy atom. The maximum atomic E-state index is 14.0. The molecule has 0 aromatic heterocycles. The molecule has 0 aliphatic rings. The molecule has 1 heteroatoms. The SMILES string of the molecule is CCC=CCC(F)C(CC)CCCCC(C)CC. The van der Waals surface area contributed by atoms with Crippen LogP contribution in [-0.2, 0) is 0 Å². The molecule has 3 unspecified atom stereocenters. The summed E-state index contributed by atoms with van der Waals surface area (Å²) >= 11 is 0. The van der Waals surface area contributed by atoms with Gasteiger partial charge in [0.15, 0.2) is 0 Å². The second-order valence-electron chi connectivity index (χ2n) is 5.60. The molecular formula is C17H33F. The van der Waals surface area contributed by atoms with E-state index in [1.807, 2.05) is 6.08 Å². The number of allylic oxidation sites excluding steroid dienone is 2. The Labute approximate surface area is 114 Å². The Kier molecular flexibility index (Phi) is 11.5. The van der Waals surface area contributed by atoms with E-state index in [9.17, 15) is 4.39 Å². The largest absolute Gasteiger partial charge is 0.247 e. The minimum atomic E-state index is -0.638. The van der Waals surface area contributed by atoms with Crippen molar-refractivity contribution in [3.8, 4) is 0 Å². The maximum Gasteiger partial charge on any atom is 0.106 e. The molecule has 0 bridgehead atoms. The van der Waals surface area contributed by atoms with E-state index < -0.39 is 6.17 Å². The lowest BCUT2D eigenvalue weighted by atomic mass is 9.91. The van der Waals surface area contributed by atoms with E-state index in [-0.39, 0.29) is 5.92 Å². The van der Waals surface area contributed by atoms with Crippen molar-refractivity contribution in [2.45, 2.75) is 85.2 Å². The lowest BCUT2D eigenvalue weighted by Gasteiger charge is -2.18. The molecule has 3 atom stereocenters. The van der Waals surface area contributed by atoms with Crippen LogP contribution in [-0.4, -0.2) is 6.17 Å². The quantitative estimate of drug-likeness (QED) is 0.300. The molecule has 0 N–H and O–H groups in total. The highest BCUT2D eigenvalue weighted by Crippen LogP contribution is 2.23. The fourth-order valence-electron chi connectivity index (χ4n) is 2.33. The Hall–Kier alpha value is -0.330. The van der Waals surface area contributed by atoms with E-state index in [2.05, 4.69) is 33.8 Å². The van der Waals surface area contributed by atoms with Crippen molar-refractivity contribution in [2.24, 2.45) is 11.8 Å². The van der Waals surface area contributed by atoms with Crippen molar-refractivity contribution >= 4 is 0 Å². The van der Waals surface area contributed by atoms with Gasteiger partial charge >= 0.3 is 0 Å². The molecule has 108 valence electrons. The second kappa shape index (κ2) is 11.7. The topological polar surface area (TPSA) is 0 Å². The summed E-state index contributed by atoms with van der Waals surface area (Å²) in [6.07, 6.45) is 12.1. The van der Waals surface area contributed by atoms with Gasteiger partial charge in [-0.05, 0) is 31.1 Å². The lowest BCUT2D eigenvalue weighted by molar-refractivity contribution is 0.208. The van der Waals surface area contributed by atoms with Crippen molar-refractivity contribution in [3.05, 3.63) is 12.2 Å². The first kappa shape index (κ1) is 17.7. The minimum Gasteiger partial charge on any atom is -0.247 e. The predicted molar refractivity (Wildman–Crippen MR) is 80.6 cm³/mol. The highest BCUT2D eigenvalue weighted by molar-refractivity contribution is 4.85. The number of hydrogen-bond acceptors (Lipinski definition) is 0. The van der Waals surface area contributed by atoms with Gasteiger partial charge in [0.25, 0.3) is 0 Å². The first-order chi connectivity index (χ1) is 8.65. The number of rotatable bonds is 11. The molecular weight excluding hydrogens is 223 g/mol. The molecule has 0 fully saturated rings. The minimum absolute atomic E-state index is 0.267. The van der Waals surface area contributed by atoms with Crippen molar-refractivity contribution < 1.29 is 4.39 Å². The molecule has 0 nitrogen and oxygen atoms in total. The van der Waals surface area contributed by atoms with Gasteiger partial charge in [-0.3, -0.25) is 0 Å². The van der Waals surface area contributed by atoms with Crippen LogP contribution in [0.3, 0.4) is 0 Å². The molecule has 0 amide bonds. The zero-order chi connectivity index (χ0) is 13.8. The van der Waals surface area contributed by atoms with E-state index in [4.69, 9.17) is 0 Å². The smallest absolute Gasteiger partial charge is 0.106 e. The summed E-state index contributed by atoms with van der Waals surface area (Å²) in [5.41, 5.74) is 0. The third-order valence-electron chi connectivity index (χ3n) is 4.02. The number of unbranched alkanes of at least 4 members (excludes halogenated alkanes) is 1. The normalized spacial score (nSPS) is 16.9.